The largest absolute Gasteiger partial charge is 0.370 e. The zero-order valence-electron chi connectivity index (χ0n) is 22.9. The minimum Gasteiger partial charge on any atom is -0.370 e. The molecule has 8 nitrogen and oxygen atoms in total. The summed E-state index contributed by atoms with van der Waals surface area (Å²) in [5.74, 6) is 2.09. The van der Waals surface area contributed by atoms with E-state index in [1.54, 1.807) is 0 Å². The fourth-order valence-corrected chi connectivity index (χ4v) is 6.36. The van der Waals surface area contributed by atoms with Gasteiger partial charge in [0.25, 0.3) is 5.91 Å². The first kappa shape index (κ1) is 27.9. The molecule has 2 aromatic rings. The third kappa shape index (κ3) is 7.69. The van der Waals surface area contributed by atoms with Gasteiger partial charge in [0.05, 0.1) is 6.04 Å². The van der Waals surface area contributed by atoms with Gasteiger partial charge in [-0.1, -0.05) is 44.2 Å². The van der Waals surface area contributed by atoms with Crippen molar-refractivity contribution in [1.82, 2.24) is 15.5 Å². The van der Waals surface area contributed by atoms with Gasteiger partial charge < -0.3 is 27.0 Å². The second-order valence-electron chi connectivity index (χ2n) is 11.5. The lowest BCUT2D eigenvalue weighted by atomic mass is 9.76. The minimum absolute atomic E-state index is 0.00522. The van der Waals surface area contributed by atoms with E-state index >= 15 is 0 Å². The van der Waals surface area contributed by atoms with Gasteiger partial charge in [0.15, 0.2) is 5.96 Å². The zero-order chi connectivity index (χ0) is 27.1. The SMILES string of the molecule is CC1CC(C)CC(CN2CC[C@H](CNC(=O)c3ccc4ccccc4c3)N[C@H](CCCN=C(N)N)C2=O)C1. The van der Waals surface area contributed by atoms with Gasteiger partial charge in [-0.2, -0.15) is 0 Å². The lowest BCUT2D eigenvalue weighted by molar-refractivity contribution is -0.133. The lowest BCUT2D eigenvalue weighted by Gasteiger charge is -2.35. The van der Waals surface area contributed by atoms with E-state index in [4.69, 9.17) is 11.5 Å². The average molecular weight is 521 g/mol. The van der Waals surface area contributed by atoms with Crippen molar-refractivity contribution in [2.24, 2.45) is 34.2 Å². The molecule has 4 rings (SSSR count). The third-order valence-corrected chi connectivity index (χ3v) is 8.01. The summed E-state index contributed by atoms with van der Waals surface area (Å²) >= 11 is 0. The second kappa shape index (κ2) is 13.1. The number of carbonyl (C=O) groups excluding carboxylic acids is 2. The Morgan fingerprint density at radius 3 is 2.55 bits per heavy atom. The number of nitrogens with one attached hydrogen (secondary N) is 2. The number of amides is 2. The van der Waals surface area contributed by atoms with Crippen LogP contribution in [0.15, 0.2) is 47.5 Å². The molecule has 1 aliphatic carbocycles. The first-order chi connectivity index (χ1) is 18.3. The Morgan fingerprint density at radius 1 is 1.08 bits per heavy atom. The van der Waals surface area contributed by atoms with Crippen LogP contribution in [0.4, 0.5) is 0 Å². The Morgan fingerprint density at radius 2 is 1.82 bits per heavy atom. The van der Waals surface area contributed by atoms with Crippen LogP contribution >= 0.6 is 0 Å². The number of nitrogens with two attached hydrogens (primary N) is 2. The van der Waals surface area contributed by atoms with Crippen molar-refractivity contribution in [2.75, 3.05) is 26.2 Å². The molecular formula is C30H44N6O2. The molecule has 2 aliphatic rings. The molecular weight excluding hydrogens is 476 g/mol. The number of benzene rings is 2. The van der Waals surface area contributed by atoms with Crippen molar-refractivity contribution in [3.05, 3.63) is 48.0 Å². The number of guanidine groups is 1. The monoisotopic (exact) mass is 520 g/mol. The molecule has 0 radical (unpaired) electrons. The van der Waals surface area contributed by atoms with Gasteiger partial charge in [0.2, 0.25) is 5.91 Å². The highest BCUT2D eigenvalue weighted by atomic mass is 16.2. The fraction of sp³-hybridized carbons (Fsp3) is 0.567. The molecule has 1 saturated carbocycles. The van der Waals surface area contributed by atoms with Crippen LogP contribution in [0.25, 0.3) is 10.8 Å². The summed E-state index contributed by atoms with van der Waals surface area (Å²) in [6.07, 6.45) is 5.80. The van der Waals surface area contributed by atoms with Gasteiger partial charge in [-0.3, -0.25) is 14.6 Å². The molecule has 1 heterocycles. The maximum absolute atomic E-state index is 13.6. The lowest BCUT2D eigenvalue weighted by Crippen LogP contribution is -2.49. The summed E-state index contributed by atoms with van der Waals surface area (Å²) < 4.78 is 0. The molecule has 2 fully saturated rings. The molecule has 38 heavy (non-hydrogen) atoms. The summed E-state index contributed by atoms with van der Waals surface area (Å²) in [7, 11) is 0. The highest BCUT2D eigenvalue weighted by Gasteiger charge is 2.33. The fourth-order valence-electron chi connectivity index (χ4n) is 6.36. The van der Waals surface area contributed by atoms with Crippen LogP contribution in [0.2, 0.25) is 0 Å². The molecule has 2 unspecified atom stereocenters. The first-order valence-electron chi connectivity index (χ1n) is 14.2. The van der Waals surface area contributed by atoms with E-state index in [1.807, 2.05) is 42.5 Å². The molecule has 6 N–H and O–H groups in total. The summed E-state index contributed by atoms with van der Waals surface area (Å²) in [5.41, 5.74) is 11.6. The van der Waals surface area contributed by atoms with E-state index in [9.17, 15) is 9.59 Å². The standard InChI is InChI=1S/C30H44N6O2/c1-20-14-21(2)16-22(15-20)19-36-13-11-26(35-27(29(36)38)8-5-12-33-30(31)32)18-34-28(37)25-10-9-23-6-3-4-7-24(23)17-25/h3-4,6-7,9-10,17,20-22,26-27,35H,5,8,11-16,18-19H2,1-2H3,(H,34,37)(H4,31,32,33)/t20?,21?,22?,26-,27-/m1/s1. The average Bonchev–Trinajstić information content (AvgIpc) is 3.03. The van der Waals surface area contributed by atoms with Crippen LogP contribution in [-0.4, -0.2) is 60.9 Å². The number of rotatable bonds is 9. The molecule has 0 aromatic heterocycles. The van der Waals surface area contributed by atoms with Crippen molar-refractivity contribution < 1.29 is 9.59 Å². The number of fused-ring (bicyclic) bond motifs is 1. The second-order valence-corrected chi connectivity index (χ2v) is 11.5. The predicted molar refractivity (Wildman–Crippen MR) is 154 cm³/mol. The summed E-state index contributed by atoms with van der Waals surface area (Å²) in [6.45, 7) is 7.13. The molecule has 0 bridgehead atoms. The Labute approximate surface area is 226 Å². The molecule has 8 heteroatoms. The van der Waals surface area contributed by atoms with E-state index in [0.29, 0.717) is 55.8 Å². The van der Waals surface area contributed by atoms with Crippen LogP contribution in [0.3, 0.4) is 0 Å². The third-order valence-electron chi connectivity index (χ3n) is 8.01. The van der Waals surface area contributed by atoms with Gasteiger partial charge in [-0.05, 0) is 79.2 Å². The Kier molecular flexibility index (Phi) is 9.61. The van der Waals surface area contributed by atoms with E-state index in [1.165, 1.54) is 19.3 Å². The van der Waals surface area contributed by atoms with Gasteiger partial charge >= 0.3 is 0 Å². The molecule has 1 aliphatic heterocycles. The van der Waals surface area contributed by atoms with Gasteiger partial charge in [0, 0.05) is 37.8 Å². The van der Waals surface area contributed by atoms with Crippen molar-refractivity contribution >= 4 is 28.5 Å². The van der Waals surface area contributed by atoms with E-state index < -0.39 is 0 Å². The van der Waals surface area contributed by atoms with Crippen LogP contribution in [0.5, 0.6) is 0 Å². The molecule has 206 valence electrons. The number of aliphatic imine (C=N–C) groups is 1. The number of hydrogen-bond acceptors (Lipinski definition) is 4. The molecule has 4 atom stereocenters. The number of nitrogens with zero attached hydrogens (tertiary/aromatic N) is 2. The number of hydrogen-bond donors (Lipinski definition) is 4. The minimum atomic E-state index is -0.312. The maximum Gasteiger partial charge on any atom is 0.251 e. The highest BCUT2D eigenvalue weighted by Crippen LogP contribution is 2.33. The Bertz CT molecular complexity index is 1120. The van der Waals surface area contributed by atoms with Crippen molar-refractivity contribution in [3.63, 3.8) is 0 Å². The van der Waals surface area contributed by atoms with Crippen molar-refractivity contribution in [2.45, 2.75) is 64.5 Å². The van der Waals surface area contributed by atoms with Gasteiger partial charge in [0.1, 0.15) is 0 Å². The van der Waals surface area contributed by atoms with E-state index in [2.05, 4.69) is 34.4 Å². The van der Waals surface area contributed by atoms with E-state index in [0.717, 1.165) is 23.7 Å². The zero-order valence-corrected chi connectivity index (χ0v) is 22.9. The molecule has 1 saturated heterocycles. The smallest absolute Gasteiger partial charge is 0.251 e. The molecule has 0 spiro atoms. The first-order valence-corrected chi connectivity index (χ1v) is 14.2. The van der Waals surface area contributed by atoms with Crippen LogP contribution in [-0.2, 0) is 4.79 Å². The van der Waals surface area contributed by atoms with Crippen molar-refractivity contribution in [3.8, 4) is 0 Å². The Hall–Kier alpha value is -3.13. The maximum atomic E-state index is 13.6. The van der Waals surface area contributed by atoms with Crippen molar-refractivity contribution in [1.29, 1.82) is 0 Å². The predicted octanol–water partition coefficient (Wildman–Crippen LogP) is 3.25. The van der Waals surface area contributed by atoms with Crippen LogP contribution in [0.1, 0.15) is 62.7 Å². The normalized spacial score (nSPS) is 26.1. The summed E-state index contributed by atoms with van der Waals surface area (Å²) in [4.78, 5) is 32.8. The van der Waals surface area contributed by atoms with Gasteiger partial charge in [-0.15, -0.1) is 0 Å². The van der Waals surface area contributed by atoms with E-state index in [-0.39, 0.29) is 29.9 Å². The van der Waals surface area contributed by atoms with Crippen LogP contribution in [0, 0.1) is 17.8 Å². The quantitative estimate of drug-likeness (QED) is 0.229. The topological polar surface area (TPSA) is 126 Å². The Balaban J connectivity index is 1.40. The molecule has 2 aromatic carbocycles. The summed E-state index contributed by atoms with van der Waals surface area (Å²) in [6, 6.07) is 13.5. The summed E-state index contributed by atoms with van der Waals surface area (Å²) in [5, 5.41) is 8.81. The molecule has 2 amide bonds. The highest BCUT2D eigenvalue weighted by molar-refractivity contribution is 5.98. The number of carbonyl (C=O) groups is 2. The van der Waals surface area contributed by atoms with Gasteiger partial charge in [-0.25, -0.2) is 0 Å². The van der Waals surface area contributed by atoms with Crippen LogP contribution < -0.4 is 22.1 Å².